The molecule has 0 bridgehead atoms. The molecular weight excluding hydrogens is 827 g/mol. The van der Waals surface area contributed by atoms with E-state index in [0.717, 1.165) is 55.6 Å². The van der Waals surface area contributed by atoms with Gasteiger partial charge < -0.3 is 51.3 Å². The molecular formula is C48H54Cl2N6O6. The van der Waals surface area contributed by atoms with Gasteiger partial charge in [0.05, 0.1) is 21.4 Å². The van der Waals surface area contributed by atoms with Crippen LogP contribution in [0.4, 0.5) is 11.4 Å². The molecule has 0 amide bonds. The molecule has 0 saturated carbocycles. The van der Waals surface area contributed by atoms with Crippen LogP contribution < -0.4 is 41.0 Å². The number of hydrogen-bond donors (Lipinski definition) is 6. The first-order chi connectivity index (χ1) is 30.1. The van der Waals surface area contributed by atoms with Gasteiger partial charge in [-0.15, -0.1) is 0 Å². The second-order valence-electron chi connectivity index (χ2n) is 14.9. The quantitative estimate of drug-likeness (QED) is 0.0339. The van der Waals surface area contributed by atoms with Crippen LogP contribution in [0, 0.1) is 13.8 Å². The Labute approximate surface area is 373 Å². The van der Waals surface area contributed by atoms with Crippen molar-refractivity contribution in [1.29, 1.82) is 0 Å². The molecule has 62 heavy (non-hydrogen) atoms. The SMILES string of the molecule is Cc1c(COc2cc(OCc3cncc(N)c3)c(CNCCCO)cc2Cl)cccc1-c1cccc(COc2cc(OCc3cncc(N)c3)c(CNCCCO)cc2Cl)c1C. The maximum Gasteiger partial charge on any atom is 0.142 e. The smallest absolute Gasteiger partial charge is 0.142 e. The molecule has 14 heteroatoms. The Balaban J connectivity index is 1.17. The van der Waals surface area contributed by atoms with Gasteiger partial charge in [0.1, 0.15) is 49.4 Å². The largest absolute Gasteiger partial charge is 0.488 e. The van der Waals surface area contributed by atoms with Crippen LogP contribution in [0.5, 0.6) is 23.0 Å². The summed E-state index contributed by atoms with van der Waals surface area (Å²) < 4.78 is 25.3. The lowest BCUT2D eigenvalue weighted by Crippen LogP contribution is -2.16. The number of anilines is 2. The number of nitrogens with one attached hydrogen (secondary N) is 2. The number of pyridine rings is 2. The van der Waals surface area contributed by atoms with Crippen molar-refractivity contribution < 1.29 is 29.2 Å². The zero-order chi connectivity index (χ0) is 43.8. The summed E-state index contributed by atoms with van der Waals surface area (Å²) in [6.45, 7) is 7.75. The van der Waals surface area contributed by atoms with E-state index in [4.69, 9.17) is 53.6 Å². The summed E-state index contributed by atoms with van der Waals surface area (Å²) in [5.41, 5.74) is 22.7. The predicted molar refractivity (Wildman–Crippen MR) is 246 cm³/mol. The number of aliphatic hydroxyl groups is 2. The van der Waals surface area contributed by atoms with E-state index in [-0.39, 0.29) is 39.6 Å². The van der Waals surface area contributed by atoms with Crippen LogP contribution in [-0.4, -0.2) is 46.5 Å². The molecule has 0 aliphatic heterocycles. The molecule has 4 aromatic carbocycles. The number of nitrogens with two attached hydrogens (primary N) is 2. The number of aliphatic hydroxyl groups excluding tert-OH is 2. The second-order valence-corrected chi connectivity index (χ2v) is 15.7. The lowest BCUT2D eigenvalue weighted by molar-refractivity contribution is 0.282. The van der Waals surface area contributed by atoms with E-state index >= 15 is 0 Å². The minimum Gasteiger partial charge on any atom is -0.488 e. The molecule has 0 aliphatic carbocycles. The lowest BCUT2D eigenvalue weighted by Gasteiger charge is -2.19. The molecule has 12 nitrogen and oxygen atoms in total. The van der Waals surface area contributed by atoms with Crippen LogP contribution in [-0.2, 0) is 39.5 Å². The van der Waals surface area contributed by atoms with Crippen LogP contribution in [0.2, 0.25) is 10.0 Å². The van der Waals surface area contributed by atoms with Gasteiger partial charge in [-0.05, 0) is 97.4 Å². The summed E-state index contributed by atoms with van der Waals surface area (Å²) in [4.78, 5) is 8.35. The molecule has 0 spiro atoms. The minimum absolute atomic E-state index is 0.104. The number of benzene rings is 4. The highest BCUT2D eigenvalue weighted by Gasteiger charge is 2.17. The number of nitrogens with zero attached hydrogens (tertiary/aromatic N) is 2. The molecule has 0 radical (unpaired) electrons. The number of nitrogen functional groups attached to an aromatic ring is 2. The third-order valence-corrected chi connectivity index (χ3v) is 10.8. The maximum absolute atomic E-state index is 9.23. The summed E-state index contributed by atoms with van der Waals surface area (Å²) in [5.74, 6) is 2.22. The van der Waals surface area contributed by atoms with Crippen molar-refractivity contribution in [3.63, 3.8) is 0 Å². The van der Waals surface area contributed by atoms with E-state index in [0.29, 0.717) is 83.4 Å². The maximum atomic E-state index is 9.23. The molecule has 6 aromatic rings. The van der Waals surface area contributed by atoms with Crippen molar-refractivity contribution in [2.45, 2.75) is 66.2 Å². The van der Waals surface area contributed by atoms with E-state index in [9.17, 15) is 10.2 Å². The molecule has 326 valence electrons. The van der Waals surface area contributed by atoms with Gasteiger partial charge in [-0.2, -0.15) is 0 Å². The zero-order valence-corrected chi connectivity index (χ0v) is 36.6. The van der Waals surface area contributed by atoms with Gasteiger partial charge in [0.15, 0.2) is 0 Å². The van der Waals surface area contributed by atoms with E-state index in [1.807, 2.05) is 48.5 Å². The number of halogens is 2. The van der Waals surface area contributed by atoms with Gasteiger partial charge in [0.2, 0.25) is 0 Å². The normalized spacial score (nSPS) is 11.1. The molecule has 2 heterocycles. The summed E-state index contributed by atoms with van der Waals surface area (Å²) >= 11 is 13.6. The van der Waals surface area contributed by atoms with Crippen LogP contribution >= 0.6 is 23.2 Å². The van der Waals surface area contributed by atoms with Crippen molar-refractivity contribution in [3.05, 3.63) is 152 Å². The summed E-state index contributed by atoms with van der Waals surface area (Å²) in [6, 6.07) is 23.4. The zero-order valence-electron chi connectivity index (χ0n) is 35.1. The molecule has 0 fully saturated rings. The molecule has 0 aliphatic rings. The first-order valence-electron chi connectivity index (χ1n) is 20.5. The topological polar surface area (TPSA) is 179 Å². The fourth-order valence-electron chi connectivity index (χ4n) is 6.84. The second kappa shape index (κ2) is 23.0. The highest BCUT2D eigenvalue weighted by molar-refractivity contribution is 6.32. The average Bonchev–Trinajstić information content (AvgIpc) is 3.26. The van der Waals surface area contributed by atoms with E-state index in [1.54, 1.807) is 24.8 Å². The fourth-order valence-corrected chi connectivity index (χ4v) is 7.32. The Morgan fingerprint density at radius 1 is 0.532 bits per heavy atom. The van der Waals surface area contributed by atoms with Crippen molar-refractivity contribution >= 4 is 34.6 Å². The highest BCUT2D eigenvalue weighted by atomic mass is 35.5. The minimum atomic E-state index is 0.104. The third kappa shape index (κ3) is 12.7. The monoisotopic (exact) mass is 880 g/mol. The van der Waals surface area contributed by atoms with Gasteiger partial charge in [-0.3, -0.25) is 9.97 Å². The molecule has 6 rings (SSSR count). The average molecular weight is 882 g/mol. The molecule has 8 N–H and O–H groups in total. The summed E-state index contributed by atoms with van der Waals surface area (Å²) in [6.07, 6.45) is 7.88. The van der Waals surface area contributed by atoms with Crippen LogP contribution in [0.15, 0.2) is 97.6 Å². The van der Waals surface area contributed by atoms with E-state index in [2.05, 4.69) is 58.7 Å². The summed E-state index contributed by atoms with van der Waals surface area (Å²) in [5, 5.41) is 26.0. The number of rotatable bonds is 23. The van der Waals surface area contributed by atoms with Crippen LogP contribution in [0.25, 0.3) is 11.1 Å². The number of aromatic nitrogens is 2. The Kier molecular flexibility index (Phi) is 17.0. The molecule has 0 unspecified atom stereocenters. The molecule has 2 aromatic heterocycles. The summed E-state index contributed by atoms with van der Waals surface area (Å²) in [7, 11) is 0. The van der Waals surface area contributed by atoms with Crippen molar-refractivity contribution in [2.75, 3.05) is 37.8 Å². The van der Waals surface area contributed by atoms with Gasteiger partial charge >= 0.3 is 0 Å². The van der Waals surface area contributed by atoms with Gasteiger partial charge in [0.25, 0.3) is 0 Å². The molecule has 0 saturated heterocycles. The van der Waals surface area contributed by atoms with E-state index in [1.165, 1.54) is 0 Å². The lowest BCUT2D eigenvalue weighted by atomic mass is 9.92. The third-order valence-electron chi connectivity index (χ3n) is 10.3. The number of hydrogen-bond acceptors (Lipinski definition) is 12. The fraction of sp³-hybridized carbons (Fsp3) is 0.292. The van der Waals surface area contributed by atoms with Crippen LogP contribution in [0.3, 0.4) is 0 Å². The Morgan fingerprint density at radius 3 is 1.35 bits per heavy atom. The predicted octanol–water partition coefficient (Wildman–Crippen LogP) is 8.49. The first kappa shape index (κ1) is 45.9. The Morgan fingerprint density at radius 2 is 0.952 bits per heavy atom. The van der Waals surface area contributed by atoms with Gasteiger partial charge in [0, 0.05) is 85.5 Å². The first-order valence-corrected chi connectivity index (χ1v) is 21.2. The van der Waals surface area contributed by atoms with Gasteiger partial charge in [-0.25, -0.2) is 0 Å². The van der Waals surface area contributed by atoms with Crippen molar-refractivity contribution in [2.24, 2.45) is 0 Å². The highest BCUT2D eigenvalue weighted by Crippen LogP contribution is 2.37. The molecule has 0 atom stereocenters. The van der Waals surface area contributed by atoms with Gasteiger partial charge in [-0.1, -0.05) is 59.6 Å². The Hall–Kier alpha value is -5.60. The van der Waals surface area contributed by atoms with Crippen molar-refractivity contribution in [3.8, 4) is 34.1 Å². The van der Waals surface area contributed by atoms with E-state index < -0.39 is 0 Å². The Bertz CT molecular complexity index is 2250. The number of ether oxygens (including phenoxy) is 4. The van der Waals surface area contributed by atoms with Crippen molar-refractivity contribution in [1.82, 2.24) is 20.6 Å². The standard InChI is InChI=1S/C48H54Cl2N6O6/c1-31-35(29-61-47-19-45(59-27-33-15-39(51)25-55-21-33)37(17-43(47)49)23-53-11-5-13-57)7-3-9-41(31)42-10-4-8-36(32(42)2)30-62-48-20-46(60-28-34-16-40(52)26-56-22-34)38(18-44(48)50)24-54-12-6-14-58/h3-4,7-10,15-22,25-26,53-54,57-58H,5-6,11-14,23-24,27-30,51-52H2,1-2H3. The van der Waals surface area contributed by atoms with Crippen LogP contribution in [0.1, 0.15) is 57.3 Å².